The molecule has 1 fully saturated rings. The first-order valence-corrected chi connectivity index (χ1v) is 7.52. The highest BCUT2D eigenvalue weighted by Crippen LogP contribution is 2.25. The van der Waals surface area contributed by atoms with Crippen LogP contribution in [0.4, 0.5) is 0 Å². The third-order valence-corrected chi connectivity index (χ3v) is 4.18. The van der Waals surface area contributed by atoms with Crippen LogP contribution < -0.4 is 11.1 Å². The van der Waals surface area contributed by atoms with E-state index in [-0.39, 0.29) is 18.7 Å². The number of carbonyl (C=O) groups is 3. The molecule has 0 aromatic heterocycles. The van der Waals surface area contributed by atoms with E-state index in [1.54, 1.807) is 0 Å². The molecule has 1 rings (SSSR count). The van der Waals surface area contributed by atoms with Gasteiger partial charge in [0.05, 0.1) is 0 Å². The number of amides is 2. The van der Waals surface area contributed by atoms with E-state index in [4.69, 9.17) is 10.8 Å². The number of carboxylic acids is 1. The molecule has 0 bridgehead atoms. The van der Waals surface area contributed by atoms with E-state index in [2.05, 4.69) is 5.32 Å². The Bertz CT molecular complexity index is 343. The van der Waals surface area contributed by atoms with Crippen molar-refractivity contribution < 1.29 is 19.5 Å². The van der Waals surface area contributed by atoms with Gasteiger partial charge >= 0.3 is 5.97 Å². The van der Waals surface area contributed by atoms with Gasteiger partial charge in [-0.2, -0.15) is 11.8 Å². The first-order chi connectivity index (χ1) is 8.99. The summed E-state index contributed by atoms with van der Waals surface area (Å²) in [6.45, 7) is 0. The maximum Gasteiger partial charge on any atom is 0.326 e. The molecule has 1 aliphatic heterocycles. The molecule has 0 saturated carbocycles. The van der Waals surface area contributed by atoms with E-state index in [1.807, 2.05) is 11.8 Å². The lowest BCUT2D eigenvalue weighted by molar-refractivity contribution is -0.142. The topological polar surface area (TPSA) is 109 Å². The lowest BCUT2D eigenvalue weighted by atomic mass is 9.98. The number of carbonyl (C=O) groups excluding carboxylic acids is 2. The molecule has 1 aliphatic rings. The summed E-state index contributed by atoms with van der Waals surface area (Å²) in [4.78, 5) is 33.4. The molecule has 4 N–H and O–H groups in total. The molecular weight excluding hydrogens is 268 g/mol. The Labute approximate surface area is 116 Å². The second-order valence-corrected chi connectivity index (χ2v) is 5.95. The SMILES string of the molecule is NC(=O)CC[C@@H](NC(=O)CC1CCSCC1)C(=O)O. The summed E-state index contributed by atoms with van der Waals surface area (Å²) >= 11 is 1.88. The Balaban J connectivity index is 2.37. The molecule has 108 valence electrons. The van der Waals surface area contributed by atoms with Crippen molar-refractivity contribution in [2.24, 2.45) is 11.7 Å². The van der Waals surface area contributed by atoms with Gasteiger partial charge in [0.1, 0.15) is 6.04 Å². The average Bonchev–Trinajstić information content (AvgIpc) is 2.35. The number of hydrogen-bond donors (Lipinski definition) is 3. The third kappa shape index (κ3) is 6.47. The number of thioether (sulfide) groups is 1. The van der Waals surface area contributed by atoms with E-state index in [1.165, 1.54) is 0 Å². The van der Waals surface area contributed by atoms with Crippen molar-refractivity contribution in [1.29, 1.82) is 0 Å². The molecule has 6 nitrogen and oxygen atoms in total. The van der Waals surface area contributed by atoms with Gasteiger partial charge in [0.15, 0.2) is 0 Å². The summed E-state index contributed by atoms with van der Waals surface area (Å²) in [5.41, 5.74) is 4.97. The second-order valence-electron chi connectivity index (χ2n) is 4.72. The standard InChI is InChI=1S/C12H20N2O4S/c13-10(15)2-1-9(12(17)18)14-11(16)7-8-3-5-19-6-4-8/h8-9H,1-7H2,(H2,13,15)(H,14,16)(H,17,18)/t9-/m1/s1. The zero-order valence-corrected chi connectivity index (χ0v) is 11.6. The van der Waals surface area contributed by atoms with Crippen molar-refractivity contribution in [3.8, 4) is 0 Å². The molecule has 0 aromatic rings. The zero-order chi connectivity index (χ0) is 14.3. The minimum Gasteiger partial charge on any atom is -0.480 e. The summed E-state index contributed by atoms with van der Waals surface area (Å²) in [6, 6.07) is -1.03. The third-order valence-electron chi connectivity index (χ3n) is 3.13. The molecule has 0 unspecified atom stereocenters. The van der Waals surface area contributed by atoms with E-state index >= 15 is 0 Å². The molecule has 1 heterocycles. The van der Waals surface area contributed by atoms with Gasteiger partial charge in [-0.15, -0.1) is 0 Å². The van der Waals surface area contributed by atoms with Crippen LogP contribution in [-0.4, -0.2) is 40.4 Å². The molecule has 7 heteroatoms. The van der Waals surface area contributed by atoms with Crippen LogP contribution in [0.5, 0.6) is 0 Å². The quantitative estimate of drug-likeness (QED) is 0.626. The van der Waals surface area contributed by atoms with E-state index in [0.717, 1.165) is 24.3 Å². The predicted molar refractivity (Wildman–Crippen MR) is 72.7 cm³/mol. The van der Waals surface area contributed by atoms with Crippen LogP contribution in [0.2, 0.25) is 0 Å². The van der Waals surface area contributed by atoms with Crippen LogP contribution in [0.1, 0.15) is 32.1 Å². The summed E-state index contributed by atoms with van der Waals surface area (Å²) in [7, 11) is 0. The maximum atomic E-state index is 11.8. The Kier molecular flexibility index (Phi) is 6.69. The summed E-state index contributed by atoms with van der Waals surface area (Å²) < 4.78 is 0. The Hall–Kier alpha value is -1.24. The zero-order valence-electron chi connectivity index (χ0n) is 10.8. The number of nitrogens with two attached hydrogens (primary N) is 1. The largest absolute Gasteiger partial charge is 0.480 e. The van der Waals surface area contributed by atoms with Crippen molar-refractivity contribution in [1.82, 2.24) is 5.32 Å². The van der Waals surface area contributed by atoms with Crippen LogP contribution in [0, 0.1) is 5.92 Å². The summed E-state index contributed by atoms with van der Waals surface area (Å²) in [5, 5.41) is 11.4. The number of rotatable bonds is 7. The van der Waals surface area contributed by atoms with E-state index in [9.17, 15) is 14.4 Å². The first kappa shape index (κ1) is 15.8. The van der Waals surface area contributed by atoms with Crippen LogP contribution in [-0.2, 0) is 14.4 Å². The van der Waals surface area contributed by atoms with Crippen LogP contribution in [0.3, 0.4) is 0 Å². The Morgan fingerprint density at radius 1 is 1.32 bits per heavy atom. The Morgan fingerprint density at radius 2 is 1.95 bits per heavy atom. The molecular formula is C12H20N2O4S. The number of nitrogens with one attached hydrogen (secondary N) is 1. The lowest BCUT2D eigenvalue weighted by Gasteiger charge is -2.21. The van der Waals surface area contributed by atoms with Gasteiger partial charge in [-0.1, -0.05) is 0 Å². The van der Waals surface area contributed by atoms with Crippen molar-refractivity contribution >= 4 is 29.5 Å². The first-order valence-electron chi connectivity index (χ1n) is 6.37. The summed E-state index contributed by atoms with van der Waals surface area (Å²) in [6.07, 6.45) is 2.35. The van der Waals surface area contributed by atoms with Crippen LogP contribution >= 0.6 is 11.8 Å². The highest BCUT2D eigenvalue weighted by atomic mass is 32.2. The number of carboxylic acid groups (broad SMARTS) is 1. The van der Waals surface area contributed by atoms with Gasteiger partial charge in [0.2, 0.25) is 11.8 Å². The fourth-order valence-electron chi connectivity index (χ4n) is 2.01. The maximum absolute atomic E-state index is 11.8. The van der Waals surface area contributed by atoms with Crippen molar-refractivity contribution in [3.63, 3.8) is 0 Å². The average molecular weight is 288 g/mol. The minimum absolute atomic E-state index is 0.0386. The van der Waals surface area contributed by atoms with Gasteiger partial charge in [-0.25, -0.2) is 4.79 Å². The van der Waals surface area contributed by atoms with Crippen molar-refractivity contribution in [3.05, 3.63) is 0 Å². The molecule has 0 aliphatic carbocycles. The molecule has 2 amide bonds. The Morgan fingerprint density at radius 3 is 2.47 bits per heavy atom. The smallest absolute Gasteiger partial charge is 0.326 e. The molecule has 0 spiro atoms. The fraction of sp³-hybridized carbons (Fsp3) is 0.750. The molecule has 1 saturated heterocycles. The van der Waals surface area contributed by atoms with Gasteiger partial charge < -0.3 is 16.2 Å². The second kappa shape index (κ2) is 8.04. The highest BCUT2D eigenvalue weighted by molar-refractivity contribution is 7.99. The summed E-state index contributed by atoms with van der Waals surface area (Å²) in [5.74, 6) is 0.503. The molecule has 0 aromatic carbocycles. The minimum atomic E-state index is -1.13. The highest BCUT2D eigenvalue weighted by Gasteiger charge is 2.23. The fourth-order valence-corrected chi connectivity index (χ4v) is 3.21. The van der Waals surface area contributed by atoms with Gasteiger partial charge in [-0.05, 0) is 36.7 Å². The lowest BCUT2D eigenvalue weighted by Crippen LogP contribution is -2.42. The predicted octanol–water partition coefficient (Wildman–Crippen LogP) is 0.355. The monoisotopic (exact) mass is 288 g/mol. The molecule has 19 heavy (non-hydrogen) atoms. The van der Waals surface area contributed by atoms with Gasteiger partial charge in [0, 0.05) is 12.8 Å². The van der Waals surface area contributed by atoms with Crippen LogP contribution in [0.15, 0.2) is 0 Å². The van der Waals surface area contributed by atoms with Gasteiger partial charge in [0.25, 0.3) is 0 Å². The normalized spacial score (nSPS) is 17.7. The number of aliphatic carboxylic acids is 1. The van der Waals surface area contributed by atoms with E-state index in [0.29, 0.717) is 12.3 Å². The number of primary amides is 1. The van der Waals surface area contributed by atoms with E-state index < -0.39 is 17.9 Å². The van der Waals surface area contributed by atoms with Gasteiger partial charge in [-0.3, -0.25) is 9.59 Å². The van der Waals surface area contributed by atoms with Crippen LogP contribution in [0.25, 0.3) is 0 Å². The molecule has 0 radical (unpaired) electrons. The van der Waals surface area contributed by atoms with Crippen molar-refractivity contribution in [2.75, 3.05) is 11.5 Å². The van der Waals surface area contributed by atoms with Crippen molar-refractivity contribution in [2.45, 2.75) is 38.1 Å². The molecule has 1 atom stereocenters. The number of hydrogen-bond acceptors (Lipinski definition) is 4.